The molecule has 2 N–H and O–H groups in total. The summed E-state index contributed by atoms with van der Waals surface area (Å²) in [6.07, 6.45) is 2.24. The van der Waals surface area contributed by atoms with Gasteiger partial charge in [-0.3, -0.25) is 4.79 Å². The van der Waals surface area contributed by atoms with Crippen LogP contribution in [-0.4, -0.2) is 37.9 Å². The molecule has 1 fully saturated rings. The van der Waals surface area contributed by atoms with Crippen LogP contribution < -0.4 is 5.32 Å². The molecule has 100 valence electrons. The molecule has 1 rings (SSSR count). The lowest BCUT2D eigenvalue weighted by atomic mass is 9.82. The molecule has 0 spiro atoms. The average Bonchev–Trinajstić information content (AvgIpc) is 2.69. The van der Waals surface area contributed by atoms with Crippen LogP contribution in [0, 0.1) is 23.7 Å². The smallest absolute Gasteiger partial charge is 0.216 e. The molecule has 0 unspecified atom stereocenters. The van der Waals surface area contributed by atoms with E-state index in [0.29, 0.717) is 30.2 Å². The first-order valence-electron chi connectivity index (χ1n) is 6.44. The largest absolute Gasteiger partial charge is 0.396 e. The van der Waals surface area contributed by atoms with Crippen LogP contribution in [0.25, 0.3) is 0 Å². The van der Waals surface area contributed by atoms with Gasteiger partial charge in [-0.05, 0) is 36.5 Å². The molecule has 0 heterocycles. The average molecular weight is 243 g/mol. The van der Waals surface area contributed by atoms with E-state index in [1.165, 1.54) is 0 Å². The van der Waals surface area contributed by atoms with Crippen LogP contribution >= 0.6 is 0 Å². The molecule has 1 saturated carbocycles. The summed E-state index contributed by atoms with van der Waals surface area (Å²) < 4.78 is 5.20. The minimum atomic E-state index is 0.0174. The molecule has 0 aromatic rings. The van der Waals surface area contributed by atoms with Crippen molar-refractivity contribution < 1.29 is 14.6 Å². The molecule has 4 nitrogen and oxygen atoms in total. The number of aliphatic hydroxyl groups excluding tert-OH is 1. The van der Waals surface area contributed by atoms with Gasteiger partial charge in [-0.1, -0.05) is 6.92 Å². The van der Waals surface area contributed by atoms with Crippen molar-refractivity contribution in [1.82, 2.24) is 5.32 Å². The number of hydrogen-bond acceptors (Lipinski definition) is 3. The maximum Gasteiger partial charge on any atom is 0.216 e. The van der Waals surface area contributed by atoms with E-state index in [0.717, 1.165) is 19.4 Å². The fourth-order valence-electron chi connectivity index (χ4n) is 3.05. The SMILES string of the molecule is COC[C@H]1CC[C@@H]([C@@H](C)CNC(C)=O)[C@@H]1CO. The van der Waals surface area contributed by atoms with Gasteiger partial charge < -0.3 is 15.2 Å². The van der Waals surface area contributed by atoms with Crippen LogP contribution in [0.2, 0.25) is 0 Å². The van der Waals surface area contributed by atoms with Gasteiger partial charge in [0.1, 0.15) is 0 Å². The van der Waals surface area contributed by atoms with E-state index in [9.17, 15) is 9.90 Å². The molecule has 1 aliphatic carbocycles. The monoisotopic (exact) mass is 243 g/mol. The first-order valence-corrected chi connectivity index (χ1v) is 6.44. The Morgan fingerprint density at radius 3 is 2.76 bits per heavy atom. The molecule has 0 saturated heterocycles. The first-order chi connectivity index (χ1) is 8.10. The van der Waals surface area contributed by atoms with Crippen molar-refractivity contribution in [2.75, 3.05) is 26.9 Å². The summed E-state index contributed by atoms with van der Waals surface area (Å²) in [5.74, 6) is 1.71. The van der Waals surface area contributed by atoms with Crippen LogP contribution in [0.3, 0.4) is 0 Å². The zero-order valence-electron chi connectivity index (χ0n) is 11.1. The second-order valence-corrected chi connectivity index (χ2v) is 5.22. The molecule has 17 heavy (non-hydrogen) atoms. The Labute approximate surface area is 104 Å². The molecule has 4 heteroatoms. The minimum absolute atomic E-state index is 0.0174. The highest BCUT2D eigenvalue weighted by molar-refractivity contribution is 5.72. The molecule has 0 bridgehead atoms. The van der Waals surface area contributed by atoms with E-state index in [1.54, 1.807) is 14.0 Å². The van der Waals surface area contributed by atoms with E-state index < -0.39 is 0 Å². The van der Waals surface area contributed by atoms with Gasteiger partial charge in [-0.25, -0.2) is 0 Å². The molecule has 0 radical (unpaired) electrons. The normalized spacial score (nSPS) is 30.2. The van der Waals surface area contributed by atoms with E-state index in [2.05, 4.69) is 12.2 Å². The van der Waals surface area contributed by atoms with Crippen molar-refractivity contribution in [3.8, 4) is 0 Å². The van der Waals surface area contributed by atoms with Gasteiger partial charge in [0.15, 0.2) is 0 Å². The number of carbonyl (C=O) groups excluding carboxylic acids is 1. The second kappa shape index (κ2) is 6.97. The Hall–Kier alpha value is -0.610. The van der Waals surface area contributed by atoms with Gasteiger partial charge in [0.25, 0.3) is 0 Å². The molecule has 1 aliphatic rings. The maximum absolute atomic E-state index is 10.9. The Morgan fingerprint density at radius 2 is 2.24 bits per heavy atom. The van der Waals surface area contributed by atoms with Crippen molar-refractivity contribution in [2.24, 2.45) is 23.7 Å². The lowest BCUT2D eigenvalue weighted by molar-refractivity contribution is -0.119. The minimum Gasteiger partial charge on any atom is -0.396 e. The van der Waals surface area contributed by atoms with Crippen LogP contribution in [0.4, 0.5) is 0 Å². The fourth-order valence-corrected chi connectivity index (χ4v) is 3.05. The number of methoxy groups -OCH3 is 1. The summed E-state index contributed by atoms with van der Waals surface area (Å²) in [4.78, 5) is 10.9. The van der Waals surface area contributed by atoms with E-state index >= 15 is 0 Å². The zero-order valence-corrected chi connectivity index (χ0v) is 11.1. The Balaban J connectivity index is 2.49. The third kappa shape index (κ3) is 3.96. The molecule has 0 aromatic carbocycles. The highest BCUT2D eigenvalue weighted by atomic mass is 16.5. The van der Waals surface area contributed by atoms with E-state index in [1.807, 2.05) is 0 Å². The summed E-state index contributed by atoms with van der Waals surface area (Å²) in [5.41, 5.74) is 0. The van der Waals surface area contributed by atoms with Gasteiger partial charge in [0, 0.05) is 33.8 Å². The lowest BCUT2D eigenvalue weighted by Gasteiger charge is -2.27. The predicted octanol–water partition coefficient (Wildman–Crippen LogP) is 1.04. The van der Waals surface area contributed by atoms with Crippen LogP contribution in [-0.2, 0) is 9.53 Å². The molecule has 4 atom stereocenters. The number of rotatable bonds is 6. The van der Waals surface area contributed by atoms with Crippen molar-refractivity contribution in [2.45, 2.75) is 26.7 Å². The predicted molar refractivity (Wildman–Crippen MR) is 66.5 cm³/mol. The second-order valence-electron chi connectivity index (χ2n) is 5.22. The van der Waals surface area contributed by atoms with Crippen LogP contribution in [0.1, 0.15) is 26.7 Å². The number of nitrogens with one attached hydrogen (secondary N) is 1. The summed E-state index contributed by atoms with van der Waals surface area (Å²) in [6.45, 7) is 5.35. The molecular weight excluding hydrogens is 218 g/mol. The Morgan fingerprint density at radius 1 is 1.53 bits per heavy atom. The molecular formula is C13H25NO3. The maximum atomic E-state index is 10.9. The van der Waals surface area contributed by atoms with Gasteiger partial charge in [-0.2, -0.15) is 0 Å². The van der Waals surface area contributed by atoms with Crippen molar-refractivity contribution in [3.63, 3.8) is 0 Å². The summed E-state index contributed by atoms with van der Waals surface area (Å²) in [5, 5.41) is 12.4. The highest BCUT2D eigenvalue weighted by Crippen LogP contribution is 2.40. The number of aliphatic hydroxyl groups is 1. The topological polar surface area (TPSA) is 58.6 Å². The van der Waals surface area contributed by atoms with Crippen LogP contribution in [0.15, 0.2) is 0 Å². The van der Waals surface area contributed by atoms with Crippen molar-refractivity contribution in [1.29, 1.82) is 0 Å². The number of amides is 1. The van der Waals surface area contributed by atoms with E-state index in [4.69, 9.17) is 4.74 Å². The van der Waals surface area contributed by atoms with Crippen molar-refractivity contribution in [3.05, 3.63) is 0 Å². The molecule has 1 amide bonds. The Bertz CT molecular complexity index is 245. The highest BCUT2D eigenvalue weighted by Gasteiger charge is 2.38. The van der Waals surface area contributed by atoms with Gasteiger partial charge >= 0.3 is 0 Å². The quantitative estimate of drug-likeness (QED) is 0.733. The number of hydrogen-bond donors (Lipinski definition) is 2. The Kier molecular flexibility index (Phi) is 5.92. The van der Waals surface area contributed by atoms with Crippen LogP contribution in [0.5, 0.6) is 0 Å². The van der Waals surface area contributed by atoms with Gasteiger partial charge in [0.2, 0.25) is 5.91 Å². The third-order valence-electron chi connectivity index (χ3n) is 4.02. The lowest BCUT2D eigenvalue weighted by Crippen LogP contribution is -2.33. The molecule has 0 aliphatic heterocycles. The van der Waals surface area contributed by atoms with Gasteiger partial charge in [-0.15, -0.1) is 0 Å². The van der Waals surface area contributed by atoms with E-state index in [-0.39, 0.29) is 12.5 Å². The summed E-state index contributed by atoms with van der Waals surface area (Å²) in [6, 6.07) is 0. The standard InChI is InChI=1S/C13H25NO3/c1-9(6-14-10(2)16)12-5-4-11(8-17-3)13(12)7-15/h9,11-13,15H,4-8H2,1-3H3,(H,14,16)/t9-,11+,12-,13+/m0/s1. The third-order valence-corrected chi connectivity index (χ3v) is 4.02. The molecule has 0 aromatic heterocycles. The summed E-state index contributed by atoms with van der Waals surface area (Å²) >= 11 is 0. The number of carbonyl (C=O) groups is 1. The zero-order chi connectivity index (χ0) is 12.8. The number of ether oxygens (including phenoxy) is 1. The summed E-state index contributed by atoms with van der Waals surface area (Å²) in [7, 11) is 1.71. The van der Waals surface area contributed by atoms with Crippen molar-refractivity contribution >= 4 is 5.91 Å². The fraction of sp³-hybridized carbons (Fsp3) is 0.923. The first kappa shape index (κ1) is 14.5. The van der Waals surface area contributed by atoms with Gasteiger partial charge in [0.05, 0.1) is 0 Å².